The first-order valence-corrected chi connectivity index (χ1v) is 14.5. The van der Waals surface area contributed by atoms with Gasteiger partial charge in [-0.3, -0.25) is 0 Å². The third-order valence-electron chi connectivity index (χ3n) is 6.94. The van der Waals surface area contributed by atoms with Crippen LogP contribution >= 0.6 is 0 Å². The summed E-state index contributed by atoms with van der Waals surface area (Å²) in [4.78, 5) is 16.3. The Morgan fingerprint density at radius 2 is 1.78 bits per heavy atom. The summed E-state index contributed by atoms with van der Waals surface area (Å²) in [5.74, 6) is -1.23. The molecule has 0 spiro atoms. The van der Waals surface area contributed by atoms with Gasteiger partial charge in [0.1, 0.15) is 11.6 Å². The Hall–Kier alpha value is -4.12. The SMILES string of the molecule is CCCc1cc(S(=O)(=O)N(Cc2ccc(OC(F)(F)F)cc2)c2ncc3ccccc3c2C2CC2)ccc1C(=O)O. The zero-order valence-corrected chi connectivity index (χ0v) is 22.9. The Kier molecular flexibility index (Phi) is 7.65. The van der Waals surface area contributed by atoms with Crippen molar-refractivity contribution < 1.29 is 36.2 Å². The monoisotopic (exact) mass is 584 g/mol. The number of carboxylic acids is 1. The lowest BCUT2D eigenvalue weighted by Gasteiger charge is -2.27. The average molecular weight is 585 g/mol. The number of hydrogen-bond donors (Lipinski definition) is 1. The van der Waals surface area contributed by atoms with E-state index in [1.54, 1.807) is 6.20 Å². The molecule has 0 aliphatic heterocycles. The minimum Gasteiger partial charge on any atom is -0.478 e. The number of aromatic nitrogens is 1. The highest BCUT2D eigenvalue weighted by molar-refractivity contribution is 7.92. The first-order chi connectivity index (χ1) is 19.5. The molecule has 11 heteroatoms. The van der Waals surface area contributed by atoms with Crippen molar-refractivity contribution in [2.45, 2.75) is 56.3 Å². The number of aryl methyl sites for hydroxylation is 1. The van der Waals surface area contributed by atoms with Gasteiger partial charge < -0.3 is 9.84 Å². The Morgan fingerprint density at radius 1 is 1.07 bits per heavy atom. The van der Waals surface area contributed by atoms with Gasteiger partial charge in [-0.2, -0.15) is 0 Å². The molecule has 0 unspecified atom stereocenters. The lowest BCUT2D eigenvalue weighted by atomic mass is 10.0. The summed E-state index contributed by atoms with van der Waals surface area (Å²) in [6.07, 6.45) is -0.536. The first kappa shape index (κ1) is 28.4. The minimum absolute atomic E-state index is 0.0279. The molecule has 3 aromatic carbocycles. The summed E-state index contributed by atoms with van der Waals surface area (Å²) < 4.78 is 71.8. The molecule has 0 saturated heterocycles. The second kappa shape index (κ2) is 11.0. The van der Waals surface area contributed by atoms with E-state index in [2.05, 4.69) is 9.72 Å². The summed E-state index contributed by atoms with van der Waals surface area (Å²) in [6, 6.07) is 16.5. The Bertz CT molecular complexity index is 1700. The molecule has 1 heterocycles. The molecule has 1 N–H and O–H groups in total. The van der Waals surface area contributed by atoms with Crippen LogP contribution in [0.1, 0.15) is 59.2 Å². The molecule has 1 aliphatic rings. The lowest BCUT2D eigenvalue weighted by Crippen LogP contribution is -2.32. The molecule has 0 amide bonds. The Morgan fingerprint density at radius 3 is 2.41 bits per heavy atom. The van der Waals surface area contributed by atoms with Crippen molar-refractivity contribution in [2.75, 3.05) is 4.31 Å². The number of pyridine rings is 1. The quantitative estimate of drug-likeness (QED) is 0.214. The number of hydrogen-bond acceptors (Lipinski definition) is 5. The van der Waals surface area contributed by atoms with E-state index >= 15 is 0 Å². The topological polar surface area (TPSA) is 96.8 Å². The van der Waals surface area contributed by atoms with Crippen LogP contribution < -0.4 is 9.04 Å². The number of nitrogens with zero attached hydrogens (tertiary/aromatic N) is 2. The van der Waals surface area contributed by atoms with Crippen LogP contribution in [0.3, 0.4) is 0 Å². The number of carboxylic acid groups (broad SMARTS) is 1. The van der Waals surface area contributed by atoms with Gasteiger partial charge in [0.05, 0.1) is 17.0 Å². The number of sulfonamides is 1. The fourth-order valence-corrected chi connectivity index (χ4v) is 6.41. The van der Waals surface area contributed by atoms with Crippen molar-refractivity contribution in [1.29, 1.82) is 0 Å². The number of alkyl halides is 3. The van der Waals surface area contributed by atoms with E-state index in [1.165, 1.54) is 30.3 Å². The number of fused-ring (bicyclic) bond motifs is 1. The molecule has 0 atom stereocenters. The number of carbonyl (C=O) groups is 1. The lowest BCUT2D eigenvalue weighted by molar-refractivity contribution is -0.274. The minimum atomic E-state index is -4.86. The number of benzene rings is 3. The fraction of sp³-hybridized carbons (Fsp3) is 0.267. The Balaban J connectivity index is 1.65. The van der Waals surface area contributed by atoms with Gasteiger partial charge in [0, 0.05) is 17.1 Å². The van der Waals surface area contributed by atoms with Crippen LogP contribution in [-0.4, -0.2) is 30.8 Å². The Labute approximate surface area is 235 Å². The number of halogens is 3. The van der Waals surface area contributed by atoms with Crippen molar-refractivity contribution in [3.05, 3.63) is 95.2 Å². The molecule has 214 valence electrons. The third kappa shape index (κ3) is 6.14. The second-order valence-electron chi connectivity index (χ2n) is 9.93. The van der Waals surface area contributed by atoms with Crippen molar-refractivity contribution in [3.63, 3.8) is 0 Å². The van der Waals surface area contributed by atoms with Gasteiger partial charge in [0.15, 0.2) is 0 Å². The van der Waals surface area contributed by atoms with Gasteiger partial charge in [0.2, 0.25) is 0 Å². The smallest absolute Gasteiger partial charge is 0.478 e. The number of aromatic carboxylic acids is 1. The van der Waals surface area contributed by atoms with Crippen LogP contribution in [0.15, 0.2) is 77.8 Å². The first-order valence-electron chi connectivity index (χ1n) is 13.1. The van der Waals surface area contributed by atoms with Gasteiger partial charge in [-0.25, -0.2) is 22.5 Å². The van der Waals surface area contributed by atoms with Crippen LogP contribution in [0, 0.1) is 0 Å². The van der Waals surface area contributed by atoms with Gasteiger partial charge in [-0.05, 0) is 72.0 Å². The van der Waals surface area contributed by atoms with E-state index in [4.69, 9.17) is 0 Å². The van der Waals surface area contributed by atoms with Crippen molar-refractivity contribution in [1.82, 2.24) is 4.98 Å². The maximum Gasteiger partial charge on any atom is 0.573 e. The average Bonchev–Trinajstić information content (AvgIpc) is 3.76. The van der Waals surface area contributed by atoms with E-state index in [0.29, 0.717) is 24.0 Å². The molecular weight excluding hydrogens is 557 g/mol. The van der Waals surface area contributed by atoms with Crippen LogP contribution in [0.5, 0.6) is 5.75 Å². The summed E-state index contributed by atoms with van der Waals surface area (Å²) in [5, 5.41) is 11.4. The maximum absolute atomic E-state index is 14.3. The number of anilines is 1. The van der Waals surface area contributed by atoms with E-state index in [0.717, 1.165) is 45.6 Å². The predicted molar refractivity (Wildman–Crippen MR) is 148 cm³/mol. The molecule has 7 nitrogen and oxygen atoms in total. The van der Waals surface area contributed by atoms with Crippen molar-refractivity contribution >= 4 is 32.6 Å². The molecule has 1 aliphatic carbocycles. The van der Waals surface area contributed by atoms with Gasteiger partial charge in [-0.1, -0.05) is 49.7 Å². The zero-order valence-electron chi connectivity index (χ0n) is 22.1. The largest absolute Gasteiger partial charge is 0.573 e. The van der Waals surface area contributed by atoms with Gasteiger partial charge >= 0.3 is 12.3 Å². The summed E-state index contributed by atoms with van der Waals surface area (Å²) in [5.41, 5.74) is 1.62. The molecule has 1 aromatic heterocycles. The summed E-state index contributed by atoms with van der Waals surface area (Å²) in [6.45, 7) is 1.65. The van der Waals surface area contributed by atoms with Gasteiger partial charge in [-0.15, -0.1) is 13.2 Å². The second-order valence-corrected chi connectivity index (χ2v) is 11.8. The number of ether oxygens (including phenoxy) is 1. The predicted octanol–water partition coefficient (Wildman–Crippen LogP) is 7.06. The highest BCUT2D eigenvalue weighted by Crippen LogP contribution is 2.48. The third-order valence-corrected chi connectivity index (χ3v) is 8.67. The number of rotatable bonds is 10. The highest BCUT2D eigenvalue weighted by Gasteiger charge is 2.36. The van der Waals surface area contributed by atoms with E-state index in [1.807, 2.05) is 31.2 Å². The summed E-state index contributed by atoms with van der Waals surface area (Å²) >= 11 is 0. The van der Waals surface area contributed by atoms with E-state index in [9.17, 15) is 31.5 Å². The van der Waals surface area contributed by atoms with E-state index < -0.39 is 28.1 Å². The highest BCUT2D eigenvalue weighted by atomic mass is 32.2. The van der Waals surface area contributed by atoms with Crippen molar-refractivity contribution in [2.24, 2.45) is 0 Å². The van der Waals surface area contributed by atoms with E-state index in [-0.39, 0.29) is 28.7 Å². The fourth-order valence-electron chi connectivity index (χ4n) is 4.93. The summed E-state index contributed by atoms with van der Waals surface area (Å²) in [7, 11) is -4.30. The molecule has 4 aromatic rings. The molecule has 41 heavy (non-hydrogen) atoms. The van der Waals surface area contributed by atoms with Crippen molar-refractivity contribution in [3.8, 4) is 5.75 Å². The van der Waals surface area contributed by atoms with Crippen LogP contribution in [0.4, 0.5) is 19.0 Å². The molecule has 1 fully saturated rings. The molecule has 0 bridgehead atoms. The zero-order chi connectivity index (χ0) is 29.4. The molecular formula is C30H27F3N2O5S. The van der Waals surface area contributed by atoms with Gasteiger partial charge in [0.25, 0.3) is 10.0 Å². The van der Waals surface area contributed by atoms with Crippen LogP contribution in [0.2, 0.25) is 0 Å². The maximum atomic E-state index is 14.3. The standard InChI is InChI=1S/C30H27F3N2O5S/c1-2-5-21-16-24(14-15-26(21)29(36)37)41(38,39)35(18-19-8-12-23(13-9-19)40-30(31,32)33)28-27(20-10-11-20)25-7-4-3-6-22(25)17-34-28/h3-4,6-9,12-17,20H,2,5,10-11,18H2,1H3,(H,36,37). The normalized spacial score (nSPS) is 13.8. The molecule has 0 radical (unpaired) electrons. The molecule has 1 saturated carbocycles. The van der Waals surface area contributed by atoms with Crippen LogP contribution in [-0.2, 0) is 23.0 Å². The van der Waals surface area contributed by atoms with Crippen LogP contribution in [0.25, 0.3) is 10.8 Å². The molecule has 5 rings (SSSR count).